The molecule has 31 heavy (non-hydrogen) atoms. The van der Waals surface area contributed by atoms with Gasteiger partial charge in [0.2, 0.25) is 11.7 Å². The van der Waals surface area contributed by atoms with Crippen molar-refractivity contribution in [3.8, 4) is 0 Å². The van der Waals surface area contributed by atoms with Crippen molar-refractivity contribution in [2.75, 3.05) is 18.5 Å². The summed E-state index contributed by atoms with van der Waals surface area (Å²) in [6.45, 7) is 3.28. The topological polar surface area (TPSA) is 115 Å². The van der Waals surface area contributed by atoms with Crippen LogP contribution < -0.4 is 10.6 Å². The molecule has 0 spiro atoms. The van der Waals surface area contributed by atoms with Gasteiger partial charge in [-0.05, 0) is 49.2 Å². The molecule has 2 N–H and O–H groups in total. The molecule has 0 fully saturated rings. The number of aryl methyl sites for hydroxylation is 1. The van der Waals surface area contributed by atoms with Gasteiger partial charge in [0.25, 0.3) is 5.91 Å². The number of furan rings is 1. The Balaban J connectivity index is 1.53. The number of Topliss-reactive ketones (excluding diaryl/α,β-unsaturated/α-hetero) is 1. The normalized spacial score (nSPS) is 10.5. The van der Waals surface area contributed by atoms with E-state index >= 15 is 0 Å². The Morgan fingerprint density at radius 3 is 2.65 bits per heavy atom. The molecule has 162 valence electrons. The van der Waals surface area contributed by atoms with Crippen LogP contribution in [0.5, 0.6) is 0 Å². The molecule has 3 aromatic rings. The van der Waals surface area contributed by atoms with Gasteiger partial charge in [0.1, 0.15) is 4.88 Å². The number of nitrogens with one attached hydrogen (secondary N) is 2. The van der Waals surface area contributed by atoms with Crippen molar-refractivity contribution >= 4 is 51.2 Å². The van der Waals surface area contributed by atoms with Gasteiger partial charge in [-0.1, -0.05) is 0 Å². The standard InChI is InChI=1S/C21H20N2O6S2/c1-12-10-18(23-20(26)16-4-3-9-28-16)31-19(12)21(27)29-11-15(25)17-6-5-14(30-17)7-8-22-13(2)24/h3-6,9-10H,7-8,11H2,1-2H3,(H,22,24)(H,23,26). The van der Waals surface area contributed by atoms with Crippen molar-refractivity contribution in [3.63, 3.8) is 0 Å². The van der Waals surface area contributed by atoms with Crippen LogP contribution in [0.2, 0.25) is 0 Å². The fourth-order valence-corrected chi connectivity index (χ4v) is 4.51. The second-order valence-electron chi connectivity index (χ2n) is 6.55. The van der Waals surface area contributed by atoms with Gasteiger partial charge >= 0.3 is 5.97 Å². The molecule has 0 aliphatic rings. The largest absolute Gasteiger partial charge is 0.459 e. The summed E-state index contributed by atoms with van der Waals surface area (Å²) in [5.41, 5.74) is 0.633. The lowest BCUT2D eigenvalue weighted by Gasteiger charge is -2.02. The molecule has 0 aromatic carbocycles. The van der Waals surface area contributed by atoms with E-state index in [1.807, 2.05) is 6.07 Å². The number of thiophene rings is 2. The van der Waals surface area contributed by atoms with Crippen LogP contribution in [0.3, 0.4) is 0 Å². The van der Waals surface area contributed by atoms with Gasteiger partial charge in [0.15, 0.2) is 12.4 Å². The van der Waals surface area contributed by atoms with Gasteiger partial charge in [-0.3, -0.25) is 14.4 Å². The van der Waals surface area contributed by atoms with Crippen LogP contribution in [0.25, 0.3) is 0 Å². The van der Waals surface area contributed by atoms with Crippen LogP contribution in [-0.4, -0.2) is 36.7 Å². The van der Waals surface area contributed by atoms with Gasteiger partial charge in [-0.25, -0.2) is 4.79 Å². The van der Waals surface area contributed by atoms with E-state index in [4.69, 9.17) is 9.15 Å². The van der Waals surface area contributed by atoms with E-state index < -0.39 is 11.9 Å². The fraction of sp³-hybridized carbons (Fsp3) is 0.238. The molecule has 0 bridgehead atoms. The lowest BCUT2D eigenvalue weighted by atomic mass is 10.3. The Bertz CT molecular complexity index is 1100. The number of hydrogen-bond acceptors (Lipinski definition) is 8. The van der Waals surface area contributed by atoms with Crippen LogP contribution in [0.1, 0.15) is 47.3 Å². The van der Waals surface area contributed by atoms with Crippen LogP contribution in [-0.2, 0) is 16.0 Å². The Hall–Kier alpha value is -3.24. The molecule has 0 atom stereocenters. The second-order valence-corrected chi connectivity index (χ2v) is 8.77. The molecule has 0 saturated carbocycles. The summed E-state index contributed by atoms with van der Waals surface area (Å²) < 4.78 is 10.2. The molecule has 0 saturated heterocycles. The molecule has 8 nitrogen and oxygen atoms in total. The van der Waals surface area contributed by atoms with E-state index in [9.17, 15) is 19.2 Å². The minimum atomic E-state index is -0.628. The third kappa shape index (κ3) is 6.12. The molecule has 3 aromatic heterocycles. The SMILES string of the molecule is CC(=O)NCCc1ccc(C(=O)COC(=O)c2sc(NC(=O)c3ccco3)cc2C)s1. The Labute approximate surface area is 186 Å². The lowest BCUT2D eigenvalue weighted by molar-refractivity contribution is -0.118. The Morgan fingerprint density at radius 2 is 1.94 bits per heavy atom. The average molecular weight is 461 g/mol. The second kappa shape index (κ2) is 10.2. The van der Waals surface area contributed by atoms with E-state index in [1.165, 1.54) is 30.6 Å². The Kier molecular flexibility index (Phi) is 7.37. The highest BCUT2D eigenvalue weighted by molar-refractivity contribution is 7.18. The number of carbonyl (C=O) groups excluding carboxylic acids is 4. The summed E-state index contributed by atoms with van der Waals surface area (Å²) in [4.78, 5) is 49.5. The lowest BCUT2D eigenvalue weighted by Crippen LogP contribution is -2.22. The van der Waals surface area contributed by atoms with E-state index in [2.05, 4.69) is 10.6 Å². The first-order valence-electron chi connectivity index (χ1n) is 9.32. The predicted molar refractivity (Wildman–Crippen MR) is 117 cm³/mol. The summed E-state index contributed by atoms with van der Waals surface area (Å²) in [5.74, 6) is -1.30. The maximum atomic E-state index is 12.4. The summed E-state index contributed by atoms with van der Waals surface area (Å²) in [5, 5.41) is 5.84. The summed E-state index contributed by atoms with van der Waals surface area (Å²) in [7, 11) is 0. The minimum absolute atomic E-state index is 0.104. The molecule has 3 heterocycles. The smallest absolute Gasteiger partial charge is 0.349 e. The minimum Gasteiger partial charge on any atom is -0.459 e. The fourth-order valence-electron chi connectivity index (χ4n) is 2.62. The zero-order valence-corrected chi connectivity index (χ0v) is 18.5. The van der Waals surface area contributed by atoms with Gasteiger partial charge in [-0.15, -0.1) is 22.7 Å². The number of amides is 2. The molecular formula is C21H20N2O6S2. The van der Waals surface area contributed by atoms with Crippen LogP contribution in [0.15, 0.2) is 41.0 Å². The van der Waals surface area contributed by atoms with Gasteiger partial charge in [0, 0.05) is 18.3 Å². The molecule has 10 heteroatoms. The first-order valence-corrected chi connectivity index (χ1v) is 11.0. The first kappa shape index (κ1) is 22.4. The maximum Gasteiger partial charge on any atom is 0.349 e. The maximum absolute atomic E-state index is 12.4. The molecule has 3 rings (SSSR count). The van der Waals surface area contributed by atoms with Crippen molar-refractivity contribution in [1.82, 2.24) is 5.32 Å². The predicted octanol–water partition coefficient (Wildman–Crippen LogP) is 3.68. The number of hydrogen-bond donors (Lipinski definition) is 2. The molecule has 0 aliphatic heterocycles. The third-order valence-electron chi connectivity index (χ3n) is 4.10. The quantitative estimate of drug-likeness (QED) is 0.372. The monoisotopic (exact) mass is 460 g/mol. The number of esters is 1. The van der Waals surface area contributed by atoms with E-state index in [0.29, 0.717) is 33.3 Å². The zero-order valence-electron chi connectivity index (χ0n) is 16.9. The highest BCUT2D eigenvalue weighted by Crippen LogP contribution is 2.28. The van der Waals surface area contributed by atoms with Gasteiger partial charge in [-0.2, -0.15) is 0 Å². The highest BCUT2D eigenvalue weighted by atomic mass is 32.1. The number of ether oxygens (including phenoxy) is 1. The van der Waals surface area contributed by atoms with Crippen LogP contribution in [0.4, 0.5) is 5.00 Å². The number of ketones is 1. The highest BCUT2D eigenvalue weighted by Gasteiger charge is 2.19. The summed E-state index contributed by atoms with van der Waals surface area (Å²) in [6.07, 6.45) is 2.02. The van der Waals surface area contributed by atoms with Crippen LogP contribution >= 0.6 is 22.7 Å². The van der Waals surface area contributed by atoms with Gasteiger partial charge in [0.05, 0.1) is 16.1 Å². The molecular weight excluding hydrogens is 440 g/mol. The first-order chi connectivity index (χ1) is 14.8. The van der Waals surface area contributed by atoms with Crippen molar-refractivity contribution < 1.29 is 28.3 Å². The zero-order chi connectivity index (χ0) is 22.4. The van der Waals surface area contributed by atoms with Crippen molar-refractivity contribution in [1.29, 1.82) is 0 Å². The average Bonchev–Trinajstić information content (AvgIpc) is 3.46. The van der Waals surface area contributed by atoms with E-state index in [-0.39, 0.29) is 24.1 Å². The Morgan fingerprint density at radius 1 is 1.13 bits per heavy atom. The van der Waals surface area contributed by atoms with Crippen molar-refractivity contribution in [2.24, 2.45) is 0 Å². The van der Waals surface area contributed by atoms with Crippen molar-refractivity contribution in [3.05, 3.63) is 62.6 Å². The van der Waals surface area contributed by atoms with E-state index in [0.717, 1.165) is 16.2 Å². The molecule has 0 unspecified atom stereocenters. The van der Waals surface area contributed by atoms with E-state index in [1.54, 1.807) is 25.1 Å². The third-order valence-corrected chi connectivity index (χ3v) is 6.42. The van der Waals surface area contributed by atoms with Crippen molar-refractivity contribution in [2.45, 2.75) is 20.3 Å². The molecule has 0 radical (unpaired) electrons. The molecule has 2 amide bonds. The number of carbonyl (C=O) groups is 4. The van der Waals surface area contributed by atoms with Gasteiger partial charge < -0.3 is 19.8 Å². The summed E-state index contributed by atoms with van der Waals surface area (Å²) >= 11 is 2.37. The van der Waals surface area contributed by atoms with Crippen LogP contribution in [0, 0.1) is 6.92 Å². The number of rotatable bonds is 9. The number of anilines is 1. The molecule has 0 aliphatic carbocycles. The summed E-state index contributed by atoms with van der Waals surface area (Å²) in [6, 6.07) is 8.30.